The van der Waals surface area contributed by atoms with Crippen LogP contribution in [0, 0.1) is 11.3 Å². The number of sulfonamides is 1. The molecule has 9 heteroatoms. The number of benzene rings is 1. The monoisotopic (exact) mass is 438 g/mol. The zero-order chi connectivity index (χ0) is 22.1. The van der Waals surface area contributed by atoms with Gasteiger partial charge in [-0.05, 0) is 36.5 Å². The first kappa shape index (κ1) is 22.6. The molecule has 0 aliphatic carbocycles. The van der Waals surface area contributed by atoms with E-state index in [1.54, 1.807) is 23.1 Å². The van der Waals surface area contributed by atoms with Gasteiger partial charge in [-0.25, -0.2) is 13.1 Å². The second-order valence-electron chi connectivity index (χ2n) is 9.01. The van der Waals surface area contributed by atoms with Crippen LogP contribution in [0.5, 0.6) is 11.5 Å². The summed E-state index contributed by atoms with van der Waals surface area (Å²) in [7, 11) is -3.53. The summed E-state index contributed by atoms with van der Waals surface area (Å²) in [6.07, 6.45) is 2.13. The number of rotatable bonds is 5. The average Bonchev–Trinajstić information content (AvgIpc) is 2.69. The molecule has 166 valence electrons. The molecule has 1 atom stereocenters. The fraction of sp³-hybridized carbons (Fsp3) is 0.619. The third-order valence-corrected chi connectivity index (χ3v) is 6.11. The van der Waals surface area contributed by atoms with Crippen LogP contribution in [0.15, 0.2) is 18.2 Å². The summed E-state index contributed by atoms with van der Waals surface area (Å²) in [4.78, 5) is 27.6. The normalized spacial score (nSPS) is 18.7. The Labute approximate surface area is 178 Å². The minimum atomic E-state index is -3.53. The highest BCUT2D eigenvalue weighted by atomic mass is 32.2. The number of amides is 1. The number of nitrogens with one attached hydrogen (secondary N) is 1. The Bertz CT molecular complexity index is 914. The largest absolute Gasteiger partial charge is 0.486 e. The number of Topliss-reactive ketones (excluding diaryl/α,β-unsaturated/α-hetero) is 1. The maximum atomic E-state index is 13.0. The van der Waals surface area contributed by atoms with Gasteiger partial charge in [-0.15, -0.1) is 0 Å². The van der Waals surface area contributed by atoms with Crippen LogP contribution >= 0.6 is 0 Å². The van der Waals surface area contributed by atoms with E-state index in [0.29, 0.717) is 56.2 Å². The van der Waals surface area contributed by atoms with Crippen LogP contribution in [0.25, 0.3) is 0 Å². The standard InChI is InChI=1S/C21H30N2O6S/c1-21(2,3)19(22-30(4,26)27)20(25)23-9-7-14(8-10-23)18(24)15-5-6-16-17(13-15)29-12-11-28-16/h5-6,13-14,19,22H,7-12H2,1-4H3/t19-/m1/s1. The number of ketones is 1. The van der Waals surface area contributed by atoms with Crippen molar-refractivity contribution in [2.75, 3.05) is 32.6 Å². The first-order valence-corrected chi connectivity index (χ1v) is 12.0. The van der Waals surface area contributed by atoms with Crippen molar-refractivity contribution in [3.8, 4) is 11.5 Å². The number of hydrogen-bond donors (Lipinski definition) is 1. The predicted molar refractivity (Wildman–Crippen MR) is 112 cm³/mol. The highest BCUT2D eigenvalue weighted by Gasteiger charge is 2.38. The van der Waals surface area contributed by atoms with Gasteiger partial charge in [-0.2, -0.15) is 0 Å². The summed E-state index contributed by atoms with van der Waals surface area (Å²) < 4.78 is 37.0. The van der Waals surface area contributed by atoms with E-state index in [1.165, 1.54) is 0 Å². The van der Waals surface area contributed by atoms with Gasteiger partial charge in [0.1, 0.15) is 19.3 Å². The summed E-state index contributed by atoms with van der Waals surface area (Å²) in [6.45, 7) is 7.26. The van der Waals surface area contributed by atoms with Crippen molar-refractivity contribution < 1.29 is 27.5 Å². The van der Waals surface area contributed by atoms with Crippen LogP contribution in [0.3, 0.4) is 0 Å². The fourth-order valence-corrected chi connectivity index (χ4v) is 4.67. The lowest BCUT2D eigenvalue weighted by atomic mass is 9.85. The molecule has 0 spiro atoms. The third kappa shape index (κ3) is 5.31. The van der Waals surface area contributed by atoms with E-state index < -0.39 is 21.5 Å². The topological polar surface area (TPSA) is 102 Å². The summed E-state index contributed by atoms with van der Waals surface area (Å²) in [5.74, 6) is 0.816. The first-order valence-electron chi connectivity index (χ1n) is 10.2. The minimum Gasteiger partial charge on any atom is -0.486 e. The number of piperidine rings is 1. The quantitative estimate of drug-likeness (QED) is 0.704. The summed E-state index contributed by atoms with van der Waals surface area (Å²) in [5, 5.41) is 0. The molecule has 1 N–H and O–H groups in total. The van der Waals surface area contributed by atoms with Crippen molar-refractivity contribution in [2.24, 2.45) is 11.3 Å². The van der Waals surface area contributed by atoms with Gasteiger partial charge in [-0.3, -0.25) is 9.59 Å². The van der Waals surface area contributed by atoms with E-state index >= 15 is 0 Å². The van der Waals surface area contributed by atoms with Crippen LogP contribution in [0.2, 0.25) is 0 Å². The predicted octanol–water partition coefficient (Wildman–Crippen LogP) is 1.84. The van der Waals surface area contributed by atoms with Crippen molar-refractivity contribution >= 4 is 21.7 Å². The lowest BCUT2D eigenvalue weighted by Crippen LogP contribution is -2.56. The number of likely N-dealkylation sites (tertiary alicyclic amines) is 1. The number of fused-ring (bicyclic) bond motifs is 1. The molecule has 0 bridgehead atoms. The van der Waals surface area contributed by atoms with Gasteiger partial charge in [0.2, 0.25) is 15.9 Å². The van der Waals surface area contributed by atoms with Gasteiger partial charge in [0.05, 0.1) is 6.26 Å². The molecule has 1 saturated heterocycles. The number of carbonyl (C=O) groups excluding carboxylic acids is 2. The Morgan fingerprint density at radius 3 is 2.27 bits per heavy atom. The lowest BCUT2D eigenvalue weighted by molar-refractivity contribution is -0.136. The summed E-state index contributed by atoms with van der Waals surface area (Å²) in [6, 6.07) is 4.38. The van der Waals surface area contributed by atoms with E-state index in [0.717, 1.165) is 6.26 Å². The van der Waals surface area contributed by atoms with Crippen molar-refractivity contribution in [3.05, 3.63) is 23.8 Å². The van der Waals surface area contributed by atoms with E-state index in [-0.39, 0.29) is 17.6 Å². The molecule has 2 aliphatic heterocycles. The molecule has 2 aliphatic rings. The smallest absolute Gasteiger partial charge is 0.241 e. The van der Waals surface area contributed by atoms with E-state index in [9.17, 15) is 18.0 Å². The molecule has 8 nitrogen and oxygen atoms in total. The van der Waals surface area contributed by atoms with Crippen molar-refractivity contribution in [2.45, 2.75) is 39.7 Å². The van der Waals surface area contributed by atoms with Crippen LogP contribution in [-0.4, -0.2) is 63.6 Å². The SMILES string of the molecule is CC(C)(C)[C@H](NS(C)(=O)=O)C(=O)N1CCC(C(=O)c2ccc3c(c2)OCCO3)CC1. The van der Waals surface area contributed by atoms with Gasteiger partial charge in [0, 0.05) is 24.6 Å². The molecule has 0 saturated carbocycles. The highest BCUT2D eigenvalue weighted by Crippen LogP contribution is 2.33. The van der Waals surface area contributed by atoms with Gasteiger partial charge >= 0.3 is 0 Å². The fourth-order valence-electron chi connectivity index (χ4n) is 3.79. The van der Waals surface area contributed by atoms with Crippen LogP contribution in [-0.2, 0) is 14.8 Å². The second kappa shape index (κ2) is 8.55. The number of nitrogens with zero attached hydrogens (tertiary/aromatic N) is 1. The van der Waals surface area contributed by atoms with Crippen molar-refractivity contribution in [1.29, 1.82) is 0 Å². The molecule has 0 radical (unpaired) electrons. The molecule has 3 rings (SSSR count). The molecule has 1 aromatic carbocycles. The van der Waals surface area contributed by atoms with Crippen molar-refractivity contribution in [1.82, 2.24) is 9.62 Å². The molecule has 1 amide bonds. The second-order valence-corrected chi connectivity index (χ2v) is 10.8. The number of hydrogen-bond acceptors (Lipinski definition) is 6. The Morgan fingerprint density at radius 2 is 1.70 bits per heavy atom. The van der Waals surface area contributed by atoms with Gasteiger partial charge in [0.25, 0.3) is 0 Å². The van der Waals surface area contributed by atoms with E-state index in [4.69, 9.17) is 9.47 Å². The van der Waals surface area contributed by atoms with Crippen LogP contribution in [0.4, 0.5) is 0 Å². The Hall–Kier alpha value is -2.13. The zero-order valence-corrected chi connectivity index (χ0v) is 18.8. The first-order chi connectivity index (χ1) is 14.0. The summed E-state index contributed by atoms with van der Waals surface area (Å²) in [5.41, 5.74) is 0.00762. The molecule has 1 fully saturated rings. The Balaban J connectivity index is 1.65. The zero-order valence-electron chi connectivity index (χ0n) is 17.9. The van der Waals surface area contributed by atoms with Crippen LogP contribution in [0.1, 0.15) is 44.0 Å². The minimum absolute atomic E-state index is 0.0284. The molecule has 0 aromatic heterocycles. The van der Waals surface area contributed by atoms with Gasteiger partial charge in [-0.1, -0.05) is 20.8 Å². The number of ether oxygens (including phenoxy) is 2. The van der Waals surface area contributed by atoms with Gasteiger partial charge < -0.3 is 14.4 Å². The molecular formula is C21H30N2O6S. The molecule has 30 heavy (non-hydrogen) atoms. The summed E-state index contributed by atoms with van der Waals surface area (Å²) >= 11 is 0. The molecular weight excluding hydrogens is 408 g/mol. The molecule has 0 unspecified atom stereocenters. The van der Waals surface area contributed by atoms with Crippen LogP contribution < -0.4 is 14.2 Å². The number of carbonyl (C=O) groups is 2. The maximum Gasteiger partial charge on any atom is 0.241 e. The average molecular weight is 439 g/mol. The Kier molecular flexibility index (Phi) is 6.43. The molecule has 2 heterocycles. The highest BCUT2D eigenvalue weighted by molar-refractivity contribution is 7.88. The lowest BCUT2D eigenvalue weighted by Gasteiger charge is -2.37. The van der Waals surface area contributed by atoms with E-state index in [1.807, 2.05) is 20.8 Å². The van der Waals surface area contributed by atoms with Gasteiger partial charge in [0.15, 0.2) is 17.3 Å². The Morgan fingerprint density at radius 1 is 1.10 bits per heavy atom. The van der Waals surface area contributed by atoms with E-state index in [2.05, 4.69) is 4.72 Å². The third-order valence-electron chi connectivity index (χ3n) is 5.45. The molecule has 1 aromatic rings. The van der Waals surface area contributed by atoms with Crippen molar-refractivity contribution in [3.63, 3.8) is 0 Å². The maximum absolute atomic E-state index is 13.0.